The average molecular weight is 345 g/mol. The molecule has 132 valence electrons. The third kappa shape index (κ3) is 9.72. The first-order chi connectivity index (χ1) is 11.1. The molecule has 1 saturated heterocycles. The highest BCUT2D eigenvalue weighted by atomic mass is 35.5. The normalized spacial score (nSPS) is 16.6. The zero-order chi connectivity index (χ0) is 16.9. The third-order valence-corrected chi connectivity index (χ3v) is 4.58. The van der Waals surface area contributed by atoms with Crippen molar-refractivity contribution in [3.8, 4) is 0 Å². The number of isocyanates is 1. The largest absolute Gasteiger partial charge is 0.370 e. The summed E-state index contributed by atoms with van der Waals surface area (Å²) in [5.74, 6) is -0.220. The molecule has 1 unspecified atom stereocenters. The number of alkyl halides is 1. The molecule has 1 heterocycles. The van der Waals surface area contributed by atoms with Gasteiger partial charge in [0, 0.05) is 13.0 Å². The predicted octanol–water partition coefficient (Wildman–Crippen LogP) is 2.42. The number of aliphatic imine (C=N–C) groups is 1. The molecule has 1 atom stereocenters. The van der Waals surface area contributed by atoms with Gasteiger partial charge in [0.1, 0.15) is 0 Å². The van der Waals surface area contributed by atoms with Crippen LogP contribution in [-0.2, 0) is 9.59 Å². The van der Waals surface area contributed by atoms with E-state index < -0.39 is 0 Å². The number of nitrogens with two attached hydrogens (primary N) is 1. The first-order valence-electron chi connectivity index (χ1n) is 8.56. The van der Waals surface area contributed by atoms with Gasteiger partial charge < -0.3 is 5.73 Å². The second kappa shape index (κ2) is 12.5. The lowest BCUT2D eigenvalue weighted by molar-refractivity contribution is -0.118. The molecular weight excluding hydrogens is 316 g/mol. The van der Waals surface area contributed by atoms with E-state index in [1.807, 2.05) is 0 Å². The van der Waals surface area contributed by atoms with Crippen molar-refractivity contribution in [1.82, 2.24) is 9.80 Å². The summed E-state index contributed by atoms with van der Waals surface area (Å²) in [7, 11) is 0. The van der Waals surface area contributed by atoms with Crippen LogP contribution in [0.5, 0.6) is 0 Å². The van der Waals surface area contributed by atoms with E-state index in [0.717, 1.165) is 58.4 Å². The summed E-state index contributed by atoms with van der Waals surface area (Å²) >= 11 is 6.39. The molecule has 6 nitrogen and oxygen atoms in total. The number of unbranched alkanes of at least 4 members (excludes halogenated alkanes) is 5. The number of carbonyl (C=O) groups is 1. The van der Waals surface area contributed by atoms with Gasteiger partial charge in [-0.1, -0.05) is 25.7 Å². The van der Waals surface area contributed by atoms with Gasteiger partial charge in [0.05, 0.1) is 25.4 Å². The van der Waals surface area contributed by atoms with Gasteiger partial charge in [-0.15, -0.1) is 11.6 Å². The van der Waals surface area contributed by atoms with E-state index in [1.54, 1.807) is 6.08 Å². The number of amides is 1. The number of nitrogens with zero attached hydrogens (tertiary/aromatic N) is 3. The van der Waals surface area contributed by atoms with E-state index in [1.165, 1.54) is 12.8 Å². The van der Waals surface area contributed by atoms with Crippen molar-refractivity contribution in [2.45, 2.75) is 63.3 Å². The molecule has 0 saturated carbocycles. The smallest absolute Gasteiger partial charge is 0.234 e. The molecule has 23 heavy (non-hydrogen) atoms. The Morgan fingerprint density at radius 3 is 2.52 bits per heavy atom. The monoisotopic (exact) mass is 344 g/mol. The van der Waals surface area contributed by atoms with Gasteiger partial charge >= 0.3 is 0 Å². The molecular formula is C16H29ClN4O2. The lowest BCUT2D eigenvalue weighted by Crippen LogP contribution is -2.57. The number of carbonyl (C=O) groups excluding carboxylic acids is 2. The van der Waals surface area contributed by atoms with E-state index in [0.29, 0.717) is 13.0 Å². The first-order valence-corrected chi connectivity index (χ1v) is 8.99. The molecule has 7 heteroatoms. The van der Waals surface area contributed by atoms with E-state index >= 15 is 0 Å². The minimum Gasteiger partial charge on any atom is -0.370 e. The van der Waals surface area contributed by atoms with Gasteiger partial charge in [0.15, 0.2) is 0 Å². The molecule has 1 amide bonds. The Morgan fingerprint density at radius 1 is 1.13 bits per heavy atom. The minimum atomic E-state index is -0.220. The van der Waals surface area contributed by atoms with E-state index in [-0.39, 0.29) is 11.4 Å². The van der Waals surface area contributed by atoms with Gasteiger partial charge in [0.2, 0.25) is 12.0 Å². The fourth-order valence-corrected chi connectivity index (χ4v) is 2.97. The quantitative estimate of drug-likeness (QED) is 0.172. The standard InChI is InChI=1S/C16H29ClN4O2/c17-15(8-4-3-5-9-16(18)23)21-13-20(14-21)11-7-2-1-6-10-19-12-22/h15H,1-11,13-14H2,(H2,18,23). The topological polar surface area (TPSA) is 79.0 Å². The van der Waals surface area contributed by atoms with Gasteiger partial charge in [-0.3, -0.25) is 14.6 Å². The maximum atomic E-state index is 10.6. The predicted molar refractivity (Wildman–Crippen MR) is 91.7 cm³/mol. The van der Waals surface area contributed by atoms with Crippen molar-refractivity contribution in [2.75, 3.05) is 26.4 Å². The van der Waals surface area contributed by atoms with Crippen LogP contribution in [0.3, 0.4) is 0 Å². The second-order valence-electron chi connectivity index (χ2n) is 6.15. The molecule has 0 aromatic rings. The summed E-state index contributed by atoms with van der Waals surface area (Å²) in [5, 5.41) is 0. The zero-order valence-corrected chi connectivity index (χ0v) is 14.6. The van der Waals surface area contributed by atoms with Crippen LogP contribution in [0.15, 0.2) is 4.99 Å². The number of rotatable bonds is 14. The molecule has 0 aromatic carbocycles. The summed E-state index contributed by atoms with van der Waals surface area (Å²) < 4.78 is 0. The highest BCUT2D eigenvalue weighted by molar-refractivity contribution is 6.20. The zero-order valence-electron chi connectivity index (χ0n) is 13.9. The maximum Gasteiger partial charge on any atom is 0.234 e. The molecule has 1 rings (SSSR count). The molecule has 2 N–H and O–H groups in total. The Balaban J connectivity index is 1.90. The van der Waals surface area contributed by atoms with Crippen LogP contribution in [0.2, 0.25) is 0 Å². The Labute approximate surface area is 144 Å². The van der Waals surface area contributed by atoms with Crippen LogP contribution in [0.1, 0.15) is 57.8 Å². The van der Waals surface area contributed by atoms with Gasteiger partial charge in [0.25, 0.3) is 0 Å². The summed E-state index contributed by atoms with van der Waals surface area (Å²) in [5.41, 5.74) is 5.21. The number of hydrogen-bond donors (Lipinski definition) is 1. The van der Waals surface area contributed by atoms with Gasteiger partial charge in [-0.2, -0.15) is 0 Å². The SMILES string of the molecule is NC(=O)CCCCCC(Cl)N1CN(CCCCCCN=C=O)C1. The molecule has 0 aromatic heterocycles. The Morgan fingerprint density at radius 2 is 1.83 bits per heavy atom. The Hall–Kier alpha value is -0.940. The maximum absolute atomic E-state index is 10.6. The number of primary amides is 1. The van der Waals surface area contributed by atoms with Crippen molar-refractivity contribution < 1.29 is 9.59 Å². The Kier molecular flexibility index (Phi) is 10.9. The molecule has 1 fully saturated rings. The lowest BCUT2D eigenvalue weighted by Gasteiger charge is -2.45. The van der Waals surface area contributed by atoms with E-state index in [2.05, 4.69) is 14.8 Å². The minimum absolute atomic E-state index is 0.0982. The second-order valence-corrected chi connectivity index (χ2v) is 6.66. The molecule has 1 aliphatic rings. The summed E-state index contributed by atoms with van der Waals surface area (Å²) in [6.07, 6.45) is 10.4. The summed E-state index contributed by atoms with van der Waals surface area (Å²) in [6, 6.07) is 0. The van der Waals surface area contributed by atoms with Crippen molar-refractivity contribution in [1.29, 1.82) is 0 Å². The molecule has 0 aliphatic carbocycles. The highest BCUT2D eigenvalue weighted by Gasteiger charge is 2.28. The van der Waals surface area contributed by atoms with Crippen LogP contribution in [-0.4, -0.2) is 53.7 Å². The van der Waals surface area contributed by atoms with Crippen LogP contribution < -0.4 is 5.73 Å². The average Bonchev–Trinajstić information content (AvgIpc) is 2.47. The molecule has 0 radical (unpaired) electrons. The summed E-state index contributed by atoms with van der Waals surface area (Å²) in [4.78, 5) is 28.8. The number of hydrogen-bond acceptors (Lipinski definition) is 5. The molecule has 0 spiro atoms. The molecule has 0 bridgehead atoms. The van der Waals surface area contributed by atoms with Gasteiger partial charge in [-0.05, 0) is 25.7 Å². The van der Waals surface area contributed by atoms with E-state index in [9.17, 15) is 9.59 Å². The van der Waals surface area contributed by atoms with Crippen LogP contribution in [0, 0.1) is 0 Å². The highest BCUT2D eigenvalue weighted by Crippen LogP contribution is 2.21. The Bertz CT molecular complexity index is 382. The number of halogens is 1. The van der Waals surface area contributed by atoms with Crippen molar-refractivity contribution in [3.05, 3.63) is 0 Å². The van der Waals surface area contributed by atoms with Crippen molar-refractivity contribution in [3.63, 3.8) is 0 Å². The van der Waals surface area contributed by atoms with Gasteiger partial charge in [-0.25, -0.2) is 9.79 Å². The van der Waals surface area contributed by atoms with Crippen LogP contribution in [0.25, 0.3) is 0 Å². The third-order valence-electron chi connectivity index (χ3n) is 4.08. The molecule has 1 aliphatic heterocycles. The van der Waals surface area contributed by atoms with Crippen molar-refractivity contribution >= 4 is 23.6 Å². The van der Waals surface area contributed by atoms with Crippen LogP contribution in [0.4, 0.5) is 0 Å². The van der Waals surface area contributed by atoms with Crippen LogP contribution >= 0.6 is 11.6 Å². The first kappa shape index (κ1) is 20.1. The van der Waals surface area contributed by atoms with E-state index in [4.69, 9.17) is 17.3 Å². The van der Waals surface area contributed by atoms with Crippen molar-refractivity contribution in [2.24, 2.45) is 10.7 Å². The fourth-order valence-electron chi connectivity index (χ4n) is 2.69. The fraction of sp³-hybridized carbons (Fsp3) is 0.875. The lowest BCUT2D eigenvalue weighted by atomic mass is 10.1. The summed E-state index contributed by atoms with van der Waals surface area (Å²) in [6.45, 7) is 3.61.